The highest BCUT2D eigenvalue weighted by Gasteiger charge is 2.23. The van der Waals surface area contributed by atoms with E-state index in [1.54, 1.807) is 6.26 Å². The van der Waals surface area contributed by atoms with Crippen molar-refractivity contribution in [2.45, 2.75) is 52.6 Å². The second kappa shape index (κ2) is 8.09. The van der Waals surface area contributed by atoms with Gasteiger partial charge in [-0.3, -0.25) is 4.79 Å². The first-order chi connectivity index (χ1) is 7.38. The summed E-state index contributed by atoms with van der Waals surface area (Å²) in [6, 6.07) is 0.192. The number of hydrogen-bond acceptors (Lipinski definition) is 3. The zero-order valence-electron chi connectivity index (χ0n) is 11.1. The van der Waals surface area contributed by atoms with E-state index in [1.807, 2.05) is 13.8 Å². The van der Waals surface area contributed by atoms with Gasteiger partial charge in [-0.1, -0.05) is 31.9 Å². The van der Waals surface area contributed by atoms with Gasteiger partial charge < -0.3 is 9.87 Å². The summed E-state index contributed by atoms with van der Waals surface area (Å²) in [5.41, 5.74) is 0. The van der Waals surface area contributed by atoms with Gasteiger partial charge in [-0.15, -0.1) is 0 Å². The maximum Gasteiger partial charge on any atom is 0.152 e. The Balaban J connectivity index is 4.32. The van der Waals surface area contributed by atoms with Crippen molar-refractivity contribution >= 4 is 17.0 Å². The Morgan fingerprint density at radius 2 is 1.94 bits per heavy atom. The van der Waals surface area contributed by atoms with Gasteiger partial charge in [-0.2, -0.15) is 0 Å². The molecule has 0 aliphatic rings. The number of hydrogen-bond donors (Lipinski definition) is 1. The fourth-order valence-corrected chi connectivity index (χ4v) is 2.02. The first-order valence-electron chi connectivity index (χ1n) is 5.98. The van der Waals surface area contributed by atoms with Crippen LogP contribution in [-0.4, -0.2) is 34.4 Å². The number of carbonyl (C=O) groups is 1. The van der Waals surface area contributed by atoms with Crippen molar-refractivity contribution in [3.63, 3.8) is 0 Å². The molecule has 0 heterocycles. The second-order valence-electron chi connectivity index (χ2n) is 4.65. The summed E-state index contributed by atoms with van der Waals surface area (Å²) in [7, 11) is 0. The summed E-state index contributed by atoms with van der Waals surface area (Å²) < 4.78 is 11.1. The largest absolute Gasteiger partial charge is 0.617 e. The Hall–Kier alpha value is -0.0600. The van der Waals surface area contributed by atoms with Crippen molar-refractivity contribution in [3.8, 4) is 0 Å². The SMILES string of the molecule is CCC(C)NC(CC[S+](C)[O-])C(=O)C(C)C. The first kappa shape index (κ1) is 15.9. The smallest absolute Gasteiger partial charge is 0.152 e. The topological polar surface area (TPSA) is 52.2 Å². The molecular weight excluding hydrogens is 222 g/mol. The quantitative estimate of drug-likeness (QED) is 0.665. The van der Waals surface area contributed by atoms with Gasteiger partial charge in [0.15, 0.2) is 5.78 Å². The monoisotopic (exact) mass is 247 g/mol. The van der Waals surface area contributed by atoms with Crippen LogP contribution in [0.25, 0.3) is 0 Å². The number of ketones is 1. The fraction of sp³-hybridized carbons (Fsp3) is 0.917. The Morgan fingerprint density at radius 3 is 2.31 bits per heavy atom. The summed E-state index contributed by atoms with van der Waals surface area (Å²) >= 11 is -0.825. The zero-order chi connectivity index (χ0) is 12.7. The van der Waals surface area contributed by atoms with E-state index in [2.05, 4.69) is 19.2 Å². The van der Waals surface area contributed by atoms with E-state index in [0.717, 1.165) is 6.42 Å². The lowest BCUT2D eigenvalue weighted by molar-refractivity contribution is -0.124. The molecule has 0 spiro atoms. The normalized spacial score (nSPS) is 17.2. The molecule has 96 valence electrons. The van der Waals surface area contributed by atoms with E-state index in [4.69, 9.17) is 0 Å². The summed E-state index contributed by atoms with van der Waals surface area (Å²) in [6.07, 6.45) is 3.35. The summed E-state index contributed by atoms with van der Waals surface area (Å²) in [5.74, 6) is 0.852. The molecule has 4 heteroatoms. The van der Waals surface area contributed by atoms with Crippen LogP contribution in [0, 0.1) is 5.92 Å². The average molecular weight is 247 g/mol. The predicted octanol–water partition coefficient (Wildman–Crippen LogP) is 1.74. The van der Waals surface area contributed by atoms with Crippen LogP contribution in [-0.2, 0) is 16.0 Å². The summed E-state index contributed by atoms with van der Waals surface area (Å²) in [4.78, 5) is 11.9. The molecule has 3 atom stereocenters. The average Bonchev–Trinajstić information content (AvgIpc) is 2.22. The highest BCUT2D eigenvalue weighted by Crippen LogP contribution is 2.07. The predicted molar refractivity (Wildman–Crippen MR) is 70.1 cm³/mol. The maximum atomic E-state index is 11.9. The van der Waals surface area contributed by atoms with E-state index in [-0.39, 0.29) is 17.7 Å². The molecule has 0 aromatic heterocycles. The molecular formula is C12H25NO2S. The van der Waals surface area contributed by atoms with Crippen molar-refractivity contribution in [2.24, 2.45) is 5.92 Å². The zero-order valence-corrected chi connectivity index (χ0v) is 11.9. The molecule has 16 heavy (non-hydrogen) atoms. The number of nitrogens with one attached hydrogen (secondary N) is 1. The lowest BCUT2D eigenvalue weighted by Gasteiger charge is -2.23. The highest BCUT2D eigenvalue weighted by atomic mass is 32.2. The highest BCUT2D eigenvalue weighted by molar-refractivity contribution is 7.90. The third-order valence-electron chi connectivity index (χ3n) is 2.70. The van der Waals surface area contributed by atoms with Crippen LogP contribution in [0.2, 0.25) is 0 Å². The Bertz CT molecular complexity index is 207. The minimum Gasteiger partial charge on any atom is -0.617 e. The number of carbonyl (C=O) groups excluding carboxylic acids is 1. The van der Waals surface area contributed by atoms with E-state index < -0.39 is 11.2 Å². The van der Waals surface area contributed by atoms with Crippen LogP contribution in [0.5, 0.6) is 0 Å². The molecule has 0 amide bonds. The van der Waals surface area contributed by atoms with Crippen LogP contribution >= 0.6 is 0 Å². The molecule has 0 bridgehead atoms. The van der Waals surface area contributed by atoms with Gasteiger partial charge in [-0.05, 0) is 13.3 Å². The molecule has 0 aliphatic heterocycles. The third kappa shape index (κ3) is 6.51. The number of rotatable bonds is 8. The Labute approximate surface area is 103 Å². The summed E-state index contributed by atoms with van der Waals surface area (Å²) in [6.45, 7) is 7.99. The molecule has 0 aliphatic carbocycles. The number of Topliss-reactive ketones (excluding diaryl/α,β-unsaturated/α-hetero) is 1. The molecule has 0 saturated heterocycles. The molecule has 0 aromatic carbocycles. The minimum absolute atomic E-state index is 0.0341. The summed E-state index contributed by atoms with van der Waals surface area (Å²) in [5, 5.41) is 3.32. The van der Waals surface area contributed by atoms with Crippen LogP contribution in [0.4, 0.5) is 0 Å². The lowest BCUT2D eigenvalue weighted by atomic mass is 9.99. The van der Waals surface area contributed by atoms with Gasteiger partial charge in [0.25, 0.3) is 0 Å². The van der Waals surface area contributed by atoms with Gasteiger partial charge in [0.05, 0.1) is 12.3 Å². The Morgan fingerprint density at radius 1 is 1.38 bits per heavy atom. The standard InChI is InChI=1S/C12H25NO2S/c1-6-10(4)13-11(7-8-16(5)15)12(14)9(2)3/h9-11,13H,6-8H2,1-5H3. The third-order valence-corrected chi connectivity index (χ3v) is 3.52. The van der Waals surface area contributed by atoms with Crippen LogP contribution < -0.4 is 5.32 Å². The van der Waals surface area contributed by atoms with Gasteiger partial charge >= 0.3 is 0 Å². The molecule has 0 fully saturated rings. The van der Waals surface area contributed by atoms with Crippen molar-refractivity contribution in [2.75, 3.05) is 12.0 Å². The first-order valence-corrected chi connectivity index (χ1v) is 7.71. The molecule has 0 rings (SSSR count). The van der Waals surface area contributed by atoms with Crippen molar-refractivity contribution in [1.29, 1.82) is 0 Å². The van der Waals surface area contributed by atoms with Crippen molar-refractivity contribution in [1.82, 2.24) is 5.32 Å². The van der Waals surface area contributed by atoms with E-state index >= 15 is 0 Å². The lowest BCUT2D eigenvalue weighted by Crippen LogP contribution is -2.44. The maximum absolute atomic E-state index is 11.9. The molecule has 0 radical (unpaired) electrons. The minimum atomic E-state index is -0.825. The molecule has 3 nitrogen and oxygen atoms in total. The molecule has 0 saturated carbocycles. The second-order valence-corrected chi connectivity index (χ2v) is 6.21. The molecule has 3 unspecified atom stereocenters. The van der Waals surface area contributed by atoms with Gasteiger partial charge in [0.2, 0.25) is 0 Å². The van der Waals surface area contributed by atoms with E-state index in [9.17, 15) is 9.35 Å². The molecule has 0 aromatic rings. The van der Waals surface area contributed by atoms with Gasteiger partial charge in [-0.25, -0.2) is 0 Å². The van der Waals surface area contributed by atoms with E-state index in [0.29, 0.717) is 18.2 Å². The van der Waals surface area contributed by atoms with Gasteiger partial charge in [0, 0.05) is 18.4 Å². The fourth-order valence-electron chi connectivity index (χ4n) is 1.46. The van der Waals surface area contributed by atoms with Gasteiger partial charge in [0.1, 0.15) is 5.75 Å². The van der Waals surface area contributed by atoms with E-state index in [1.165, 1.54) is 0 Å². The van der Waals surface area contributed by atoms with Crippen LogP contribution in [0.15, 0.2) is 0 Å². The van der Waals surface area contributed by atoms with Crippen molar-refractivity contribution in [3.05, 3.63) is 0 Å². The van der Waals surface area contributed by atoms with Crippen LogP contribution in [0.3, 0.4) is 0 Å². The molecule has 1 N–H and O–H groups in total. The van der Waals surface area contributed by atoms with Crippen molar-refractivity contribution < 1.29 is 9.35 Å². The Kier molecular flexibility index (Phi) is 8.06. The van der Waals surface area contributed by atoms with Crippen LogP contribution in [0.1, 0.15) is 40.5 Å².